The van der Waals surface area contributed by atoms with Gasteiger partial charge in [0.15, 0.2) is 5.16 Å². The molecule has 0 saturated carbocycles. The average Bonchev–Trinajstić information content (AvgIpc) is 2.94. The van der Waals surface area contributed by atoms with E-state index in [1.165, 1.54) is 12.1 Å². The zero-order valence-corrected chi connectivity index (χ0v) is 15.9. The maximum absolute atomic E-state index is 12.1. The van der Waals surface area contributed by atoms with Crippen LogP contribution in [-0.4, -0.2) is 39.6 Å². The molecule has 1 aliphatic carbocycles. The Hall–Kier alpha value is -1.23. The number of aromatic nitrogens is 2. The molecule has 1 saturated heterocycles. The van der Waals surface area contributed by atoms with E-state index in [4.69, 9.17) is 4.98 Å². The van der Waals surface area contributed by atoms with Crippen LogP contribution in [0.25, 0.3) is 6.08 Å². The number of allylic oxidation sites excluding steroid dienone is 1. The number of piperidine rings is 1. The van der Waals surface area contributed by atoms with E-state index in [9.17, 15) is 4.79 Å². The van der Waals surface area contributed by atoms with Gasteiger partial charge < -0.3 is 9.88 Å². The fourth-order valence-corrected chi connectivity index (χ4v) is 4.58. The summed E-state index contributed by atoms with van der Waals surface area (Å²) in [7, 11) is 0. The van der Waals surface area contributed by atoms with E-state index in [0.29, 0.717) is 18.2 Å². The van der Waals surface area contributed by atoms with Crippen molar-refractivity contribution in [2.45, 2.75) is 58.0 Å². The minimum Gasteiger partial charge on any atom is -0.342 e. The predicted octanol–water partition coefficient (Wildman–Crippen LogP) is 4.14. The summed E-state index contributed by atoms with van der Waals surface area (Å²) in [4.78, 5) is 22.4. The Morgan fingerprint density at radius 3 is 3.12 bits per heavy atom. The Kier molecular flexibility index (Phi) is 5.38. The zero-order chi connectivity index (χ0) is 17.2. The molecule has 1 fully saturated rings. The SMILES string of the molecule is CCCC(=O)N1CCCC(CSc2nc3c([nH]2)CC(C)(C)C=C3)C1. The lowest BCUT2D eigenvalue weighted by atomic mass is 9.83. The lowest BCUT2D eigenvalue weighted by Crippen LogP contribution is -2.40. The van der Waals surface area contributed by atoms with Gasteiger partial charge >= 0.3 is 0 Å². The number of carbonyl (C=O) groups excluding carboxylic acids is 1. The quantitative estimate of drug-likeness (QED) is 0.815. The van der Waals surface area contributed by atoms with Crippen LogP contribution in [0.2, 0.25) is 0 Å². The Morgan fingerprint density at radius 1 is 1.50 bits per heavy atom. The van der Waals surface area contributed by atoms with Gasteiger partial charge in [-0.15, -0.1) is 0 Å². The van der Waals surface area contributed by atoms with E-state index in [-0.39, 0.29) is 5.41 Å². The van der Waals surface area contributed by atoms with Gasteiger partial charge in [-0.05, 0) is 43.1 Å². The van der Waals surface area contributed by atoms with E-state index >= 15 is 0 Å². The molecule has 1 atom stereocenters. The zero-order valence-electron chi connectivity index (χ0n) is 15.1. The van der Waals surface area contributed by atoms with Crippen LogP contribution in [0.5, 0.6) is 0 Å². The van der Waals surface area contributed by atoms with Crippen molar-refractivity contribution in [3.05, 3.63) is 17.5 Å². The first-order valence-corrected chi connectivity index (χ1v) is 10.1. The summed E-state index contributed by atoms with van der Waals surface area (Å²) in [5, 5.41) is 1.03. The largest absolute Gasteiger partial charge is 0.342 e. The number of rotatable bonds is 5. The van der Waals surface area contributed by atoms with Gasteiger partial charge in [-0.25, -0.2) is 4.98 Å². The van der Waals surface area contributed by atoms with Crippen molar-refractivity contribution < 1.29 is 4.79 Å². The number of nitrogens with zero attached hydrogens (tertiary/aromatic N) is 2. The van der Waals surface area contributed by atoms with E-state index in [2.05, 4.69) is 42.8 Å². The molecule has 1 aromatic rings. The van der Waals surface area contributed by atoms with Gasteiger partial charge in [0.1, 0.15) is 0 Å². The topological polar surface area (TPSA) is 49.0 Å². The lowest BCUT2D eigenvalue weighted by molar-refractivity contribution is -0.132. The molecule has 3 rings (SSSR count). The van der Waals surface area contributed by atoms with Crippen LogP contribution in [0, 0.1) is 11.3 Å². The molecular formula is C19H29N3OS. The average molecular weight is 348 g/mol. The van der Waals surface area contributed by atoms with Crippen LogP contribution >= 0.6 is 11.8 Å². The molecule has 1 N–H and O–H groups in total. The van der Waals surface area contributed by atoms with Crippen molar-refractivity contribution in [2.24, 2.45) is 11.3 Å². The molecule has 0 radical (unpaired) electrons. The highest BCUT2D eigenvalue weighted by Gasteiger charge is 2.25. The summed E-state index contributed by atoms with van der Waals surface area (Å²) in [6.45, 7) is 8.44. The van der Waals surface area contributed by atoms with Crippen molar-refractivity contribution in [3.63, 3.8) is 0 Å². The molecule has 2 aliphatic rings. The summed E-state index contributed by atoms with van der Waals surface area (Å²) in [5.41, 5.74) is 2.57. The number of imidazole rings is 1. The van der Waals surface area contributed by atoms with Crippen molar-refractivity contribution in [3.8, 4) is 0 Å². The molecule has 0 aromatic carbocycles. The van der Waals surface area contributed by atoms with Gasteiger partial charge in [0.25, 0.3) is 0 Å². The van der Waals surface area contributed by atoms with Gasteiger partial charge in [0.2, 0.25) is 5.91 Å². The van der Waals surface area contributed by atoms with E-state index in [1.807, 2.05) is 11.8 Å². The number of hydrogen-bond acceptors (Lipinski definition) is 3. The molecule has 132 valence electrons. The highest BCUT2D eigenvalue weighted by Crippen LogP contribution is 2.32. The third kappa shape index (κ3) is 4.24. The minimum atomic E-state index is 0.213. The number of amides is 1. The maximum Gasteiger partial charge on any atom is 0.222 e. The number of carbonyl (C=O) groups is 1. The Labute approximate surface area is 149 Å². The van der Waals surface area contributed by atoms with Crippen LogP contribution < -0.4 is 0 Å². The number of thioether (sulfide) groups is 1. The summed E-state index contributed by atoms with van der Waals surface area (Å²) < 4.78 is 0. The molecule has 24 heavy (non-hydrogen) atoms. The molecule has 1 amide bonds. The molecular weight excluding hydrogens is 318 g/mol. The first-order chi connectivity index (χ1) is 11.5. The number of aromatic amines is 1. The molecule has 0 spiro atoms. The molecule has 1 unspecified atom stereocenters. The highest BCUT2D eigenvalue weighted by atomic mass is 32.2. The second-order valence-corrected chi connectivity index (χ2v) is 8.82. The standard InChI is InChI=1S/C19H29N3OS/c1-4-6-17(23)22-10-5-7-14(12-22)13-24-18-20-15-8-9-19(2,3)11-16(15)21-18/h8-9,14H,4-7,10-13H2,1-3H3,(H,20,21). The van der Waals surface area contributed by atoms with Gasteiger partial charge in [0, 0.05) is 31.0 Å². The third-order valence-corrected chi connectivity index (χ3v) is 6.01. The Balaban J connectivity index is 1.54. The van der Waals surface area contributed by atoms with Crippen LogP contribution in [0.15, 0.2) is 11.2 Å². The second kappa shape index (κ2) is 7.34. The molecule has 4 nitrogen and oxygen atoms in total. The Morgan fingerprint density at radius 2 is 2.33 bits per heavy atom. The molecule has 1 aromatic heterocycles. The number of fused-ring (bicyclic) bond motifs is 1. The van der Waals surface area contributed by atoms with Gasteiger partial charge in [0.05, 0.1) is 5.69 Å². The summed E-state index contributed by atoms with van der Waals surface area (Å²) in [6, 6.07) is 0. The fraction of sp³-hybridized carbons (Fsp3) is 0.684. The van der Waals surface area contributed by atoms with E-state index in [0.717, 1.165) is 49.0 Å². The summed E-state index contributed by atoms with van der Waals surface area (Å²) in [6.07, 6.45) is 9.40. The van der Waals surface area contributed by atoms with Crippen LogP contribution in [0.1, 0.15) is 57.8 Å². The normalized spacial score (nSPS) is 22.5. The van der Waals surface area contributed by atoms with Crippen molar-refractivity contribution in [1.29, 1.82) is 0 Å². The maximum atomic E-state index is 12.1. The lowest BCUT2D eigenvalue weighted by Gasteiger charge is -2.32. The Bertz CT molecular complexity index is 620. The molecule has 0 bridgehead atoms. The van der Waals surface area contributed by atoms with Gasteiger partial charge in [-0.2, -0.15) is 0 Å². The summed E-state index contributed by atoms with van der Waals surface area (Å²) in [5.74, 6) is 1.95. The van der Waals surface area contributed by atoms with Crippen LogP contribution in [0.4, 0.5) is 0 Å². The molecule has 2 heterocycles. The van der Waals surface area contributed by atoms with Crippen LogP contribution in [0.3, 0.4) is 0 Å². The first kappa shape index (κ1) is 17.6. The van der Waals surface area contributed by atoms with E-state index < -0.39 is 0 Å². The highest BCUT2D eigenvalue weighted by molar-refractivity contribution is 7.99. The number of hydrogen-bond donors (Lipinski definition) is 1. The number of nitrogens with one attached hydrogen (secondary N) is 1. The van der Waals surface area contributed by atoms with Crippen LogP contribution in [-0.2, 0) is 11.2 Å². The van der Waals surface area contributed by atoms with Crippen molar-refractivity contribution >= 4 is 23.7 Å². The van der Waals surface area contributed by atoms with Crippen molar-refractivity contribution in [2.75, 3.05) is 18.8 Å². The number of H-pyrrole nitrogens is 1. The van der Waals surface area contributed by atoms with Gasteiger partial charge in [-0.3, -0.25) is 4.79 Å². The second-order valence-electron chi connectivity index (χ2n) is 7.81. The third-order valence-electron chi connectivity index (χ3n) is 4.91. The molecule has 1 aliphatic heterocycles. The van der Waals surface area contributed by atoms with Gasteiger partial charge in [-0.1, -0.05) is 38.6 Å². The van der Waals surface area contributed by atoms with E-state index in [1.54, 1.807) is 0 Å². The smallest absolute Gasteiger partial charge is 0.222 e. The fourth-order valence-electron chi connectivity index (χ4n) is 3.55. The minimum absolute atomic E-state index is 0.213. The summed E-state index contributed by atoms with van der Waals surface area (Å²) >= 11 is 1.81. The number of likely N-dealkylation sites (tertiary alicyclic amines) is 1. The predicted molar refractivity (Wildman–Crippen MR) is 100 cm³/mol. The first-order valence-electron chi connectivity index (χ1n) is 9.15. The molecule has 5 heteroatoms. The van der Waals surface area contributed by atoms with Crippen molar-refractivity contribution in [1.82, 2.24) is 14.9 Å². The monoisotopic (exact) mass is 347 g/mol.